The molecule has 3 aromatic carbocycles. The van der Waals surface area contributed by atoms with E-state index in [-0.39, 0.29) is 17.0 Å². The summed E-state index contributed by atoms with van der Waals surface area (Å²) in [6.07, 6.45) is 0. The van der Waals surface area contributed by atoms with E-state index < -0.39 is 11.8 Å². The van der Waals surface area contributed by atoms with Gasteiger partial charge in [0.25, 0.3) is 17.7 Å². The van der Waals surface area contributed by atoms with Gasteiger partial charge in [0, 0.05) is 10.0 Å². The summed E-state index contributed by atoms with van der Waals surface area (Å²) in [7, 11) is 0. The molecule has 0 saturated heterocycles. The summed E-state index contributed by atoms with van der Waals surface area (Å²) in [4.78, 5) is 39.3. The summed E-state index contributed by atoms with van der Waals surface area (Å²) in [5, 5.41) is 2.75. The summed E-state index contributed by atoms with van der Waals surface area (Å²) in [5.74, 6) is -1.21. The van der Waals surface area contributed by atoms with Crippen LogP contribution in [0, 0.1) is 0 Å². The van der Waals surface area contributed by atoms with Crippen molar-refractivity contribution in [2.45, 2.75) is 0 Å². The number of anilines is 2. The Morgan fingerprint density at radius 3 is 2.22 bits per heavy atom. The van der Waals surface area contributed by atoms with Gasteiger partial charge in [-0.1, -0.05) is 40.2 Å². The molecule has 0 aromatic heterocycles. The topological polar surface area (TPSA) is 66.5 Å². The lowest BCUT2D eigenvalue weighted by atomic mass is 10.1. The third-order valence-corrected chi connectivity index (χ3v) is 4.81. The number of carbonyl (C=O) groups excluding carboxylic acids is 3. The number of halogens is 1. The van der Waals surface area contributed by atoms with Gasteiger partial charge in [-0.15, -0.1) is 0 Å². The van der Waals surface area contributed by atoms with Gasteiger partial charge in [-0.2, -0.15) is 0 Å². The minimum Gasteiger partial charge on any atom is -0.321 e. The fourth-order valence-corrected chi connectivity index (χ4v) is 3.26. The molecule has 3 amide bonds. The van der Waals surface area contributed by atoms with Crippen molar-refractivity contribution in [3.05, 3.63) is 94.0 Å². The van der Waals surface area contributed by atoms with E-state index in [9.17, 15) is 14.4 Å². The van der Waals surface area contributed by atoms with Crippen LogP contribution in [0.1, 0.15) is 31.1 Å². The van der Waals surface area contributed by atoms with Crippen LogP contribution in [0.4, 0.5) is 11.4 Å². The molecule has 1 aliphatic rings. The van der Waals surface area contributed by atoms with Crippen LogP contribution in [-0.4, -0.2) is 17.7 Å². The van der Waals surface area contributed by atoms with Crippen molar-refractivity contribution in [3.63, 3.8) is 0 Å². The molecule has 0 radical (unpaired) electrons. The number of rotatable bonds is 3. The smallest absolute Gasteiger partial charge is 0.268 e. The second-order valence-corrected chi connectivity index (χ2v) is 6.89. The van der Waals surface area contributed by atoms with Crippen molar-refractivity contribution in [1.29, 1.82) is 0 Å². The average molecular weight is 421 g/mol. The number of amides is 3. The molecule has 4 rings (SSSR count). The van der Waals surface area contributed by atoms with Gasteiger partial charge in [0.15, 0.2) is 0 Å². The van der Waals surface area contributed by atoms with Crippen molar-refractivity contribution in [2.24, 2.45) is 0 Å². The quantitative estimate of drug-likeness (QED) is 0.634. The van der Waals surface area contributed by atoms with E-state index in [1.165, 1.54) is 0 Å². The third-order valence-electron chi connectivity index (χ3n) is 4.28. The van der Waals surface area contributed by atoms with E-state index in [4.69, 9.17) is 0 Å². The van der Waals surface area contributed by atoms with Crippen LogP contribution in [0.15, 0.2) is 77.3 Å². The van der Waals surface area contributed by atoms with E-state index in [0.717, 1.165) is 9.37 Å². The molecule has 5 nitrogen and oxygen atoms in total. The molecule has 27 heavy (non-hydrogen) atoms. The zero-order valence-electron chi connectivity index (χ0n) is 14.0. The SMILES string of the molecule is O=C(Nc1cccc2c1C(=O)N(c1ccccc1)C2=O)c1ccc(Br)cc1. The van der Waals surface area contributed by atoms with Crippen LogP contribution in [-0.2, 0) is 0 Å². The monoisotopic (exact) mass is 420 g/mol. The number of carbonyl (C=O) groups is 3. The van der Waals surface area contributed by atoms with Crippen molar-refractivity contribution < 1.29 is 14.4 Å². The number of hydrogen-bond acceptors (Lipinski definition) is 3. The van der Waals surface area contributed by atoms with Gasteiger partial charge in [-0.25, -0.2) is 4.90 Å². The molecule has 0 saturated carbocycles. The minimum absolute atomic E-state index is 0.205. The van der Waals surface area contributed by atoms with Crippen molar-refractivity contribution in [3.8, 4) is 0 Å². The van der Waals surface area contributed by atoms with Gasteiger partial charge in [-0.05, 0) is 48.5 Å². The molecule has 0 unspecified atom stereocenters. The highest BCUT2D eigenvalue weighted by molar-refractivity contribution is 9.10. The average Bonchev–Trinajstić information content (AvgIpc) is 2.94. The number of fused-ring (bicyclic) bond motifs is 1. The fourth-order valence-electron chi connectivity index (χ4n) is 3.00. The van der Waals surface area contributed by atoms with Gasteiger partial charge in [0.2, 0.25) is 0 Å². The molecule has 0 fully saturated rings. The van der Waals surface area contributed by atoms with Crippen molar-refractivity contribution in [2.75, 3.05) is 10.2 Å². The highest BCUT2D eigenvalue weighted by Crippen LogP contribution is 2.33. The van der Waals surface area contributed by atoms with Gasteiger partial charge in [0.1, 0.15) is 0 Å². The largest absolute Gasteiger partial charge is 0.321 e. The Labute approximate surface area is 163 Å². The number of imide groups is 1. The molecule has 132 valence electrons. The summed E-state index contributed by atoms with van der Waals surface area (Å²) in [6.45, 7) is 0. The number of nitrogens with one attached hydrogen (secondary N) is 1. The lowest BCUT2D eigenvalue weighted by Gasteiger charge is -2.13. The van der Waals surface area contributed by atoms with Crippen molar-refractivity contribution >= 4 is 45.0 Å². The Balaban J connectivity index is 1.69. The predicted molar refractivity (Wildman–Crippen MR) is 106 cm³/mol. The van der Waals surface area contributed by atoms with E-state index >= 15 is 0 Å². The first kappa shape index (κ1) is 17.2. The van der Waals surface area contributed by atoms with E-state index in [0.29, 0.717) is 16.9 Å². The number of hydrogen-bond donors (Lipinski definition) is 1. The first-order valence-electron chi connectivity index (χ1n) is 8.20. The highest BCUT2D eigenvalue weighted by atomic mass is 79.9. The second kappa shape index (κ2) is 6.81. The summed E-state index contributed by atoms with van der Waals surface area (Å²) in [5.41, 5.74) is 1.74. The highest BCUT2D eigenvalue weighted by Gasteiger charge is 2.38. The Hall–Kier alpha value is -3.25. The molecular formula is C21H13BrN2O3. The van der Waals surface area contributed by atoms with Crippen LogP contribution in [0.2, 0.25) is 0 Å². The molecule has 1 aliphatic heterocycles. The fraction of sp³-hybridized carbons (Fsp3) is 0. The molecule has 0 aliphatic carbocycles. The van der Waals surface area contributed by atoms with Crippen LogP contribution in [0.3, 0.4) is 0 Å². The summed E-state index contributed by atoms with van der Waals surface area (Å²) >= 11 is 3.33. The van der Waals surface area contributed by atoms with Crippen LogP contribution in [0.5, 0.6) is 0 Å². The van der Waals surface area contributed by atoms with Crippen LogP contribution in [0.25, 0.3) is 0 Å². The lowest BCUT2D eigenvalue weighted by molar-refractivity contribution is 0.0926. The van der Waals surface area contributed by atoms with E-state index in [1.807, 2.05) is 6.07 Å². The zero-order chi connectivity index (χ0) is 19.0. The number of benzene rings is 3. The molecule has 6 heteroatoms. The molecule has 1 N–H and O–H groups in total. The molecule has 0 bridgehead atoms. The van der Waals surface area contributed by atoms with Crippen LogP contribution < -0.4 is 10.2 Å². The lowest BCUT2D eigenvalue weighted by Crippen LogP contribution is -2.29. The summed E-state index contributed by atoms with van der Waals surface area (Å²) < 4.78 is 0.860. The van der Waals surface area contributed by atoms with E-state index in [1.54, 1.807) is 66.7 Å². The Morgan fingerprint density at radius 1 is 0.815 bits per heavy atom. The standard InChI is InChI=1S/C21H13BrN2O3/c22-14-11-9-13(10-12-14)19(25)23-17-8-4-7-16-18(17)21(27)24(20(16)26)15-5-2-1-3-6-15/h1-12H,(H,23,25). The molecule has 0 atom stereocenters. The van der Waals surface area contributed by atoms with Gasteiger partial charge >= 0.3 is 0 Å². The number of nitrogens with zero attached hydrogens (tertiary/aromatic N) is 1. The Kier molecular flexibility index (Phi) is 4.33. The van der Waals surface area contributed by atoms with Gasteiger partial charge in [0.05, 0.1) is 22.5 Å². The van der Waals surface area contributed by atoms with Gasteiger partial charge in [-0.3, -0.25) is 14.4 Å². The van der Waals surface area contributed by atoms with Gasteiger partial charge < -0.3 is 5.32 Å². The third kappa shape index (κ3) is 3.04. The Bertz CT molecular complexity index is 1060. The first-order chi connectivity index (χ1) is 13.1. The molecular weight excluding hydrogens is 408 g/mol. The van der Waals surface area contributed by atoms with E-state index in [2.05, 4.69) is 21.2 Å². The second-order valence-electron chi connectivity index (χ2n) is 5.97. The number of para-hydroxylation sites is 1. The first-order valence-corrected chi connectivity index (χ1v) is 8.99. The predicted octanol–water partition coefficient (Wildman–Crippen LogP) is 4.50. The van der Waals surface area contributed by atoms with Crippen molar-refractivity contribution in [1.82, 2.24) is 0 Å². The maximum atomic E-state index is 12.9. The molecule has 1 heterocycles. The maximum Gasteiger partial charge on any atom is 0.268 e. The zero-order valence-corrected chi connectivity index (χ0v) is 15.6. The molecule has 3 aromatic rings. The molecule has 0 spiro atoms. The summed E-state index contributed by atoms with van der Waals surface area (Å²) in [6, 6.07) is 20.4. The van der Waals surface area contributed by atoms with Crippen LogP contribution >= 0.6 is 15.9 Å². The normalized spacial score (nSPS) is 12.9. The minimum atomic E-state index is -0.451. The Morgan fingerprint density at radius 2 is 1.52 bits per heavy atom. The maximum absolute atomic E-state index is 12.9.